The first-order valence-electron chi connectivity index (χ1n) is 7.40. The van der Waals surface area contributed by atoms with Gasteiger partial charge in [-0.1, -0.05) is 19.1 Å². The monoisotopic (exact) mass is 276 g/mol. The van der Waals surface area contributed by atoms with Gasteiger partial charge in [-0.15, -0.1) is 0 Å². The van der Waals surface area contributed by atoms with Crippen molar-refractivity contribution in [2.45, 2.75) is 26.3 Å². The minimum Gasteiger partial charge on any atom is -0.478 e. The van der Waals surface area contributed by atoms with Crippen molar-refractivity contribution in [2.24, 2.45) is 5.92 Å². The highest BCUT2D eigenvalue weighted by molar-refractivity contribution is 5.87. The van der Waals surface area contributed by atoms with Crippen molar-refractivity contribution in [3.05, 3.63) is 35.4 Å². The molecule has 110 valence electrons. The molecule has 1 aromatic rings. The first-order chi connectivity index (χ1) is 9.65. The molecule has 0 unspecified atom stereocenters. The van der Waals surface area contributed by atoms with Crippen LogP contribution >= 0.6 is 0 Å². The summed E-state index contributed by atoms with van der Waals surface area (Å²) in [4.78, 5) is 13.4. The summed E-state index contributed by atoms with van der Waals surface area (Å²) in [5.41, 5.74) is 1.38. The molecule has 0 radical (unpaired) electrons. The minimum absolute atomic E-state index is 0.356. The lowest BCUT2D eigenvalue weighted by atomic mass is 9.99. The fourth-order valence-corrected chi connectivity index (χ4v) is 2.57. The summed E-state index contributed by atoms with van der Waals surface area (Å²) < 4.78 is 0. The smallest absolute Gasteiger partial charge is 0.335 e. The summed E-state index contributed by atoms with van der Waals surface area (Å²) in [5, 5.41) is 12.3. The van der Waals surface area contributed by atoms with Crippen LogP contribution in [0, 0.1) is 5.92 Å². The number of rotatable bonds is 6. The fraction of sp³-hybridized carbons (Fsp3) is 0.562. The molecule has 2 rings (SSSR count). The highest BCUT2D eigenvalue weighted by Gasteiger charge is 2.14. The average Bonchev–Trinajstić information content (AvgIpc) is 2.46. The highest BCUT2D eigenvalue weighted by Crippen LogP contribution is 2.15. The third-order valence-corrected chi connectivity index (χ3v) is 3.98. The molecule has 0 spiro atoms. The molecule has 0 aliphatic carbocycles. The minimum atomic E-state index is -0.866. The SMILES string of the molecule is CC1CCN(CCNCc2cccc(C(=O)O)c2)CC1. The molecular weight excluding hydrogens is 252 g/mol. The number of nitrogens with one attached hydrogen (secondary N) is 1. The molecule has 0 saturated carbocycles. The van der Waals surface area contributed by atoms with Gasteiger partial charge in [0.05, 0.1) is 5.56 Å². The van der Waals surface area contributed by atoms with Gasteiger partial charge in [0.1, 0.15) is 0 Å². The van der Waals surface area contributed by atoms with Gasteiger partial charge < -0.3 is 15.3 Å². The molecule has 0 amide bonds. The number of nitrogens with zero attached hydrogens (tertiary/aromatic N) is 1. The van der Waals surface area contributed by atoms with Crippen LogP contribution in [0.4, 0.5) is 0 Å². The van der Waals surface area contributed by atoms with Crippen LogP contribution in [0.25, 0.3) is 0 Å². The van der Waals surface area contributed by atoms with E-state index in [1.807, 2.05) is 6.07 Å². The van der Waals surface area contributed by atoms with Crippen LogP contribution in [-0.4, -0.2) is 42.2 Å². The van der Waals surface area contributed by atoms with E-state index in [4.69, 9.17) is 5.11 Å². The summed E-state index contributed by atoms with van der Waals surface area (Å²) in [5.74, 6) is 0.00672. The van der Waals surface area contributed by atoms with Gasteiger partial charge in [0, 0.05) is 19.6 Å². The molecule has 1 saturated heterocycles. The first-order valence-corrected chi connectivity index (χ1v) is 7.40. The standard InChI is InChI=1S/C16H24N2O2/c1-13-5-8-18(9-6-13)10-7-17-12-14-3-2-4-15(11-14)16(19)20/h2-4,11,13,17H,5-10,12H2,1H3,(H,19,20). The van der Waals surface area contributed by atoms with Crippen molar-refractivity contribution in [3.8, 4) is 0 Å². The second kappa shape index (κ2) is 7.41. The Morgan fingerprint density at radius 3 is 2.85 bits per heavy atom. The Bertz CT molecular complexity index is 440. The largest absolute Gasteiger partial charge is 0.478 e. The lowest BCUT2D eigenvalue weighted by Gasteiger charge is -2.30. The Kier molecular flexibility index (Phi) is 5.56. The van der Waals surface area contributed by atoms with Crippen molar-refractivity contribution >= 4 is 5.97 Å². The van der Waals surface area contributed by atoms with Crippen LogP contribution < -0.4 is 5.32 Å². The Labute approximate surface area is 120 Å². The van der Waals surface area contributed by atoms with Crippen molar-refractivity contribution in [3.63, 3.8) is 0 Å². The van der Waals surface area contributed by atoms with E-state index in [1.54, 1.807) is 18.2 Å². The molecule has 0 bridgehead atoms. The average molecular weight is 276 g/mol. The Hall–Kier alpha value is -1.39. The topological polar surface area (TPSA) is 52.6 Å². The fourth-order valence-electron chi connectivity index (χ4n) is 2.57. The van der Waals surface area contributed by atoms with E-state index in [-0.39, 0.29) is 0 Å². The molecule has 4 nitrogen and oxygen atoms in total. The lowest BCUT2D eigenvalue weighted by Crippen LogP contribution is -2.37. The number of piperidine rings is 1. The summed E-state index contributed by atoms with van der Waals surface area (Å²) >= 11 is 0. The van der Waals surface area contributed by atoms with Crippen LogP contribution in [0.5, 0.6) is 0 Å². The van der Waals surface area contributed by atoms with Crippen LogP contribution in [0.2, 0.25) is 0 Å². The molecule has 0 aromatic heterocycles. The van der Waals surface area contributed by atoms with E-state index in [2.05, 4.69) is 17.1 Å². The molecule has 0 atom stereocenters. The normalized spacial score (nSPS) is 17.2. The van der Waals surface area contributed by atoms with Gasteiger partial charge >= 0.3 is 5.97 Å². The quantitative estimate of drug-likeness (QED) is 0.782. The predicted molar refractivity (Wildman–Crippen MR) is 79.9 cm³/mol. The van der Waals surface area contributed by atoms with E-state index in [0.717, 1.165) is 31.1 Å². The van der Waals surface area contributed by atoms with Gasteiger partial charge in [-0.25, -0.2) is 4.79 Å². The molecule has 20 heavy (non-hydrogen) atoms. The Morgan fingerprint density at radius 1 is 1.40 bits per heavy atom. The molecular formula is C16H24N2O2. The van der Waals surface area contributed by atoms with E-state index in [9.17, 15) is 4.79 Å². The number of hydrogen-bond donors (Lipinski definition) is 2. The van der Waals surface area contributed by atoms with Crippen LogP contribution in [0.1, 0.15) is 35.7 Å². The van der Waals surface area contributed by atoms with E-state index in [0.29, 0.717) is 5.56 Å². The van der Waals surface area contributed by atoms with Gasteiger partial charge in [0.15, 0.2) is 0 Å². The van der Waals surface area contributed by atoms with E-state index < -0.39 is 5.97 Å². The molecule has 1 aromatic carbocycles. The zero-order valence-electron chi connectivity index (χ0n) is 12.1. The summed E-state index contributed by atoms with van der Waals surface area (Å²) in [6, 6.07) is 7.12. The molecule has 1 fully saturated rings. The Morgan fingerprint density at radius 2 is 2.15 bits per heavy atom. The van der Waals surface area contributed by atoms with Crippen molar-refractivity contribution in [1.29, 1.82) is 0 Å². The van der Waals surface area contributed by atoms with Crippen molar-refractivity contribution < 1.29 is 9.90 Å². The van der Waals surface area contributed by atoms with Crippen molar-refractivity contribution in [1.82, 2.24) is 10.2 Å². The van der Waals surface area contributed by atoms with Crippen LogP contribution in [0.15, 0.2) is 24.3 Å². The van der Waals surface area contributed by atoms with Gasteiger partial charge in [-0.3, -0.25) is 0 Å². The van der Waals surface area contributed by atoms with Crippen LogP contribution in [-0.2, 0) is 6.54 Å². The number of carboxylic acids is 1. The maximum absolute atomic E-state index is 10.9. The van der Waals surface area contributed by atoms with Crippen LogP contribution in [0.3, 0.4) is 0 Å². The second-order valence-electron chi connectivity index (χ2n) is 5.71. The van der Waals surface area contributed by atoms with Gasteiger partial charge in [0.2, 0.25) is 0 Å². The van der Waals surface area contributed by atoms with E-state index in [1.165, 1.54) is 25.9 Å². The highest BCUT2D eigenvalue weighted by atomic mass is 16.4. The molecule has 1 aliphatic heterocycles. The zero-order valence-corrected chi connectivity index (χ0v) is 12.1. The van der Waals surface area contributed by atoms with E-state index >= 15 is 0 Å². The number of benzene rings is 1. The van der Waals surface area contributed by atoms with Gasteiger partial charge in [0.25, 0.3) is 0 Å². The van der Waals surface area contributed by atoms with Gasteiger partial charge in [-0.2, -0.15) is 0 Å². The molecule has 2 N–H and O–H groups in total. The summed E-state index contributed by atoms with van der Waals surface area (Å²) in [6.45, 7) is 7.49. The lowest BCUT2D eigenvalue weighted by molar-refractivity contribution is 0.0696. The molecule has 1 heterocycles. The third kappa shape index (κ3) is 4.62. The number of carboxylic acid groups (broad SMARTS) is 1. The maximum Gasteiger partial charge on any atom is 0.335 e. The number of hydrogen-bond acceptors (Lipinski definition) is 3. The first kappa shape index (κ1) is 15.0. The molecule has 1 aliphatic rings. The summed E-state index contributed by atoms with van der Waals surface area (Å²) in [6.07, 6.45) is 2.61. The number of likely N-dealkylation sites (tertiary alicyclic amines) is 1. The number of carbonyl (C=O) groups is 1. The Balaban J connectivity index is 1.68. The van der Waals surface area contributed by atoms with Crippen molar-refractivity contribution in [2.75, 3.05) is 26.2 Å². The van der Waals surface area contributed by atoms with Gasteiger partial charge in [-0.05, 0) is 49.5 Å². The number of aromatic carboxylic acids is 1. The summed E-state index contributed by atoms with van der Waals surface area (Å²) in [7, 11) is 0. The molecule has 4 heteroatoms. The third-order valence-electron chi connectivity index (χ3n) is 3.98. The predicted octanol–water partition coefficient (Wildman–Crippen LogP) is 2.21. The zero-order chi connectivity index (χ0) is 14.4. The maximum atomic E-state index is 10.9. The second-order valence-corrected chi connectivity index (χ2v) is 5.71.